The van der Waals surface area contributed by atoms with Gasteiger partial charge in [-0.2, -0.15) is 0 Å². The van der Waals surface area contributed by atoms with E-state index in [-0.39, 0.29) is 12.2 Å². The zero-order valence-corrected chi connectivity index (χ0v) is 11.5. The van der Waals surface area contributed by atoms with Crippen LogP contribution in [0.4, 0.5) is 0 Å². The minimum absolute atomic E-state index is 0.207. The lowest BCUT2D eigenvalue weighted by Crippen LogP contribution is -2.26. The van der Waals surface area contributed by atoms with Crippen molar-refractivity contribution < 1.29 is 19.0 Å². The fraction of sp³-hybridized carbons (Fsp3) is 0.400. The first kappa shape index (κ1) is 13.1. The Morgan fingerprint density at radius 1 is 1.30 bits per heavy atom. The molecule has 0 amide bonds. The summed E-state index contributed by atoms with van der Waals surface area (Å²) in [5.74, 6) is 0.587. The Morgan fingerprint density at radius 2 is 2.05 bits per heavy atom. The minimum atomic E-state index is -0.909. The number of aliphatic hydroxyl groups is 1. The maximum atomic E-state index is 11.2. The van der Waals surface area contributed by atoms with E-state index in [1.807, 2.05) is 6.07 Å². The second-order valence-corrected chi connectivity index (χ2v) is 5.52. The first-order chi connectivity index (χ1) is 9.40. The van der Waals surface area contributed by atoms with Crippen molar-refractivity contribution in [3.8, 4) is 5.75 Å². The van der Waals surface area contributed by atoms with Gasteiger partial charge >= 0.3 is 5.63 Å². The Morgan fingerprint density at radius 3 is 2.65 bits per heavy atom. The van der Waals surface area contributed by atoms with Gasteiger partial charge in [-0.15, -0.1) is 0 Å². The molecule has 0 spiro atoms. The van der Waals surface area contributed by atoms with E-state index < -0.39 is 11.2 Å². The van der Waals surface area contributed by atoms with Crippen LogP contribution in [0.25, 0.3) is 11.0 Å². The molecular formula is C15H16O5. The molecule has 0 bridgehead atoms. The Labute approximate surface area is 115 Å². The highest BCUT2D eigenvalue weighted by atomic mass is 16.6. The fourth-order valence-corrected chi connectivity index (χ4v) is 2.40. The smallest absolute Gasteiger partial charge is 0.336 e. The van der Waals surface area contributed by atoms with Crippen LogP contribution in [0.2, 0.25) is 0 Å². The molecule has 1 fully saturated rings. The molecule has 3 rings (SSSR count). The number of ether oxygens (including phenoxy) is 2. The zero-order chi connectivity index (χ0) is 14.5. The number of epoxide rings is 1. The van der Waals surface area contributed by atoms with Crippen LogP contribution >= 0.6 is 0 Å². The summed E-state index contributed by atoms with van der Waals surface area (Å²) in [4.78, 5) is 11.2. The highest BCUT2D eigenvalue weighted by molar-refractivity contribution is 5.79. The van der Waals surface area contributed by atoms with Crippen LogP contribution < -0.4 is 10.4 Å². The molecule has 1 aromatic carbocycles. The SMILES string of the molecule is COc1cc2oc(=O)ccc2cc1[C@H]1O[C@@H]1C(C)(C)O. The van der Waals surface area contributed by atoms with Crippen molar-refractivity contribution >= 4 is 11.0 Å². The molecule has 1 aromatic heterocycles. The Hall–Kier alpha value is -1.85. The molecule has 2 heterocycles. The van der Waals surface area contributed by atoms with Gasteiger partial charge in [0.2, 0.25) is 0 Å². The van der Waals surface area contributed by atoms with Gasteiger partial charge in [-0.05, 0) is 26.0 Å². The quantitative estimate of drug-likeness (QED) is 0.686. The van der Waals surface area contributed by atoms with E-state index in [2.05, 4.69) is 0 Å². The number of hydrogen-bond donors (Lipinski definition) is 1. The Bertz CT molecular complexity index is 710. The number of methoxy groups -OCH3 is 1. The van der Waals surface area contributed by atoms with E-state index in [4.69, 9.17) is 13.9 Å². The molecule has 1 aliphatic rings. The van der Waals surface area contributed by atoms with Gasteiger partial charge in [-0.25, -0.2) is 4.79 Å². The monoisotopic (exact) mass is 276 g/mol. The van der Waals surface area contributed by atoms with Crippen molar-refractivity contribution in [2.24, 2.45) is 0 Å². The van der Waals surface area contributed by atoms with E-state index in [0.717, 1.165) is 10.9 Å². The predicted octanol–water partition coefficient (Wildman–Crippen LogP) is 2.01. The van der Waals surface area contributed by atoms with Gasteiger partial charge < -0.3 is 19.0 Å². The largest absolute Gasteiger partial charge is 0.496 e. The van der Waals surface area contributed by atoms with Gasteiger partial charge in [-0.3, -0.25) is 0 Å². The molecule has 0 aliphatic carbocycles. The van der Waals surface area contributed by atoms with Gasteiger partial charge in [0.15, 0.2) is 0 Å². The van der Waals surface area contributed by atoms with Gasteiger partial charge in [0.25, 0.3) is 0 Å². The van der Waals surface area contributed by atoms with Gasteiger partial charge in [0.05, 0.1) is 12.7 Å². The van der Waals surface area contributed by atoms with Crippen LogP contribution in [-0.2, 0) is 4.74 Å². The lowest BCUT2D eigenvalue weighted by molar-refractivity contribution is 0.0482. The summed E-state index contributed by atoms with van der Waals surface area (Å²) in [5.41, 5.74) is 0.0114. The van der Waals surface area contributed by atoms with E-state index in [0.29, 0.717) is 11.3 Å². The fourth-order valence-electron chi connectivity index (χ4n) is 2.40. The van der Waals surface area contributed by atoms with Crippen LogP contribution in [0.1, 0.15) is 25.5 Å². The van der Waals surface area contributed by atoms with E-state index in [9.17, 15) is 9.90 Å². The van der Waals surface area contributed by atoms with Crippen molar-refractivity contribution in [3.63, 3.8) is 0 Å². The third-order valence-electron chi connectivity index (χ3n) is 3.47. The molecule has 1 N–H and O–H groups in total. The molecule has 2 aromatic rings. The summed E-state index contributed by atoms with van der Waals surface area (Å²) in [6, 6.07) is 6.62. The molecule has 20 heavy (non-hydrogen) atoms. The average molecular weight is 276 g/mol. The van der Waals surface area contributed by atoms with Crippen LogP contribution in [0.3, 0.4) is 0 Å². The first-order valence-corrected chi connectivity index (χ1v) is 6.40. The van der Waals surface area contributed by atoms with Gasteiger partial charge in [-0.1, -0.05) is 0 Å². The summed E-state index contributed by atoms with van der Waals surface area (Å²) in [6.45, 7) is 3.43. The first-order valence-electron chi connectivity index (χ1n) is 6.40. The molecule has 1 aliphatic heterocycles. The summed E-state index contributed by atoms with van der Waals surface area (Å²) < 4.78 is 16.0. The molecule has 0 unspecified atom stereocenters. The number of benzene rings is 1. The predicted molar refractivity (Wildman–Crippen MR) is 72.9 cm³/mol. The summed E-state index contributed by atoms with van der Waals surface area (Å²) in [7, 11) is 1.55. The van der Waals surface area contributed by atoms with Crippen LogP contribution in [0, 0.1) is 0 Å². The third-order valence-corrected chi connectivity index (χ3v) is 3.47. The van der Waals surface area contributed by atoms with E-state index >= 15 is 0 Å². The molecule has 5 heteroatoms. The standard InChI is InChI=1S/C15H16O5/c1-15(2,17)14-13(20-14)9-6-8-4-5-12(16)19-10(8)7-11(9)18-3/h4-7,13-14,17H,1-3H3/t13-,14+/m1/s1. The number of hydrogen-bond acceptors (Lipinski definition) is 5. The maximum absolute atomic E-state index is 11.2. The van der Waals surface area contributed by atoms with Crippen LogP contribution in [-0.4, -0.2) is 23.9 Å². The summed E-state index contributed by atoms with van der Waals surface area (Å²) >= 11 is 0. The van der Waals surface area contributed by atoms with Crippen molar-refractivity contribution in [1.29, 1.82) is 0 Å². The molecule has 5 nitrogen and oxygen atoms in total. The van der Waals surface area contributed by atoms with E-state index in [1.54, 1.807) is 33.1 Å². The minimum Gasteiger partial charge on any atom is -0.496 e. The number of rotatable bonds is 3. The topological polar surface area (TPSA) is 72.2 Å². The van der Waals surface area contributed by atoms with Crippen molar-refractivity contribution in [2.75, 3.05) is 7.11 Å². The molecule has 2 atom stereocenters. The van der Waals surface area contributed by atoms with E-state index in [1.165, 1.54) is 6.07 Å². The van der Waals surface area contributed by atoms with Crippen molar-refractivity contribution in [1.82, 2.24) is 0 Å². The van der Waals surface area contributed by atoms with Crippen LogP contribution in [0.5, 0.6) is 5.75 Å². The second-order valence-electron chi connectivity index (χ2n) is 5.52. The zero-order valence-electron chi connectivity index (χ0n) is 11.5. The molecule has 1 saturated heterocycles. The third kappa shape index (κ3) is 2.19. The highest BCUT2D eigenvalue weighted by Gasteiger charge is 2.50. The lowest BCUT2D eigenvalue weighted by Gasteiger charge is -2.14. The lowest BCUT2D eigenvalue weighted by atomic mass is 9.97. The van der Waals surface area contributed by atoms with Crippen molar-refractivity contribution in [2.45, 2.75) is 31.7 Å². The average Bonchev–Trinajstić information content (AvgIpc) is 3.17. The molecule has 0 radical (unpaired) electrons. The van der Waals surface area contributed by atoms with Gasteiger partial charge in [0, 0.05) is 23.1 Å². The molecule has 106 valence electrons. The normalized spacial score (nSPS) is 22.0. The molecular weight excluding hydrogens is 260 g/mol. The number of fused-ring (bicyclic) bond motifs is 1. The van der Waals surface area contributed by atoms with Crippen molar-refractivity contribution in [3.05, 3.63) is 40.2 Å². The van der Waals surface area contributed by atoms with Gasteiger partial charge in [0.1, 0.15) is 23.5 Å². The maximum Gasteiger partial charge on any atom is 0.336 e. The Balaban J connectivity index is 2.07. The summed E-state index contributed by atoms with van der Waals surface area (Å²) in [6.07, 6.45) is -0.467. The molecule has 0 saturated carbocycles. The highest BCUT2D eigenvalue weighted by Crippen LogP contribution is 2.48. The second kappa shape index (κ2) is 4.33. The summed E-state index contributed by atoms with van der Waals surface area (Å²) in [5, 5.41) is 10.8. The van der Waals surface area contributed by atoms with Crippen LogP contribution in [0.15, 0.2) is 33.5 Å². The Kier molecular flexibility index (Phi) is 2.84.